The summed E-state index contributed by atoms with van der Waals surface area (Å²) in [5.41, 5.74) is 0. The summed E-state index contributed by atoms with van der Waals surface area (Å²) in [5, 5.41) is 93.9. The molecule has 0 aliphatic carbocycles. The van der Waals surface area contributed by atoms with Crippen LogP contribution in [0.15, 0.2) is 0 Å². The first-order chi connectivity index (χ1) is 29.8. The molecule has 3 saturated heterocycles. The smallest absolute Gasteiger partial charge is 0.222 e. The van der Waals surface area contributed by atoms with Gasteiger partial charge >= 0.3 is 0 Å². The number of hydrogen-bond acceptors (Lipinski definition) is 18. The topological polar surface area (TPSA) is 324 Å². The number of amides is 3. The number of hydrogen-bond donors (Lipinski definition) is 11. The van der Waals surface area contributed by atoms with Crippen LogP contribution in [0, 0.1) is 0 Å². The third kappa shape index (κ3) is 19.4. The van der Waals surface area contributed by atoms with E-state index in [1.165, 1.54) is 0 Å². The second-order valence-corrected chi connectivity index (χ2v) is 16.4. The van der Waals surface area contributed by atoms with Gasteiger partial charge in [0.15, 0.2) is 18.4 Å². The van der Waals surface area contributed by atoms with Crippen molar-refractivity contribution < 1.29 is 122 Å². The summed E-state index contributed by atoms with van der Waals surface area (Å²) < 4.78 is 26.9. The van der Waals surface area contributed by atoms with E-state index < -0.39 is 80.7 Å². The second-order valence-electron chi connectivity index (χ2n) is 16.4. The van der Waals surface area contributed by atoms with Gasteiger partial charge in [0.2, 0.25) is 17.7 Å². The van der Waals surface area contributed by atoms with Gasteiger partial charge in [0.25, 0.3) is 0 Å². The van der Waals surface area contributed by atoms with Crippen LogP contribution in [0.2, 0.25) is 0 Å². The van der Waals surface area contributed by atoms with Crippen LogP contribution in [0.3, 0.4) is 0 Å². The van der Waals surface area contributed by atoms with Crippen LogP contribution in [-0.4, -0.2) is 207 Å². The van der Waals surface area contributed by atoms with Crippen molar-refractivity contribution in [2.75, 3.05) is 53.2 Å². The molecule has 11 unspecified atom stereocenters. The van der Waals surface area contributed by atoms with Gasteiger partial charge < -0.3 is 85.2 Å². The van der Waals surface area contributed by atoms with Crippen LogP contribution < -0.4 is 10.6 Å². The number of carbonyl (C=O) groups excluding carboxylic acids is 4. The van der Waals surface area contributed by atoms with E-state index >= 15 is 0 Å². The number of rotatable bonds is 30. The van der Waals surface area contributed by atoms with Crippen molar-refractivity contribution in [2.24, 2.45) is 0 Å². The number of aliphatic hydroxyl groups excluding tert-OH is 9. The van der Waals surface area contributed by atoms with Crippen LogP contribution in [0.25, 0.3) is 0 Å². The largest absolute Gasteiger partial charge is 0.394 e. The number of carbonyl (C=O) groups is 4. The van der Waals surface area contributed by atoms with E-state index in [-0.39, 0.29) is 107 Å². The summed E-state index contributed by atoms with van der Waals surface area (Å²) in [5.74, 6) is -0.677. The van der Waals surface area contributed by atoms with Gasteiger partial charge in [-0.3, -0.25) is 19.2 Å². The molecular formula is C41H73N3O18Y. The van der Waals surface area contributed by atoms with E-state index in [1.807, 2.05) is 0 Å². The predicted molar refractivity (Wildman–Crippen MR) is 217 cm³/mol. The van der Waals surface area contributed by atoms with E-state index in [0.717, 1.165) is 6.42 Å². The number of nitrogens with one attached hydrogen (secondary N) is 2. The van der Waals surface area contributed by atoms with Crippen LogP contribution in [-0.2, 0) is 75.6 Å². The maximum absolute atomic E-state index is 13.4. The zero-order valence-electron chi connectivity index (χ0n) is 36.5. The van der Waals surface area contributed by atoms with Gasteiger partial charge in [0, 0.05) is 91.8 Å². The van der Waals surface area contributed by atoms with Gasteiger partial charge in [-0.15, -0.1) is 0 Å². The fraction of sp³-hybridized carbons (Fsp3) is 0.902. The molecule has 21 nitrogen and oxygen atoms in total. The number of Topliss-reactive ketones (excluding diaryl/α,β-unsaturated/α-hetero) is 1. The Morgan fingerprint density at radius 2 is 1.16 bits per heavy atom. The monoisotopic (exact) mass is 984 g/mol. The van der Waals surface area contributed by atoms with Crippen LogP contribution >= 0.6 is 0 Å². The van der Waals surface area contributed by atoms with E-state index in [2.05, 4.69) is 10.6 Å². The molecular weight excluding hydrogens is 911 g/mol. The van der Waals surface area contributed by atoms with E-state index in [9.17, 15) is 65.1 Å². The van der Waals surface area contributed by atoms with Crippen molar-refractivity contribution in [2.45, 2.75) is 182 Å². The molecule has 363 valence electrons. The standard InChI is InChI=1S/C41H73N3O18.Y/c1-58-26-20-25(22-45)44(21-26)33(51)16-5-3-2-4-13-28(48)27(43-32(50)15-8-11-19-60-41-39(57)37(55)35(53)30(24-47)62-41)12-6-9-17-42-31(49)14-7-10-18-59-40-38(56)36(54)34(52)29(23-46)61-40;/h25-27,29-30,34-41,45-47,52-57H,2-24H2,1H3,(H,42,49)(H,43,50);/t25-,26+,27?,29?,30?,34?,35?,36?,37?,38?,39?,40?,41?;/m0./s1. The van der Waals surface area contributed by atoms with E-state index in [0.29, 0.717) is 90.1 Å². The quantitative estimate of drug-likeness (QED) is 0.0325. The Hall–Kier alpha value is -1.38. The molecule has 0 aromatic carbocycles. The van der Waals surface area contributed by atoms with Crippen molar-refractivity contribution in [1.82, 2.24) is 15.5 Å². The molecule has 63 heavy (non-hydrogen) atoms. The molecule has 3 aliphatic rings. The molecule has 3 heterocycles. The summed E-state index contributed by atoms with van der Waals surface area (Å²) in [7, 11) is 1.59. The Bertz CT molecular complexity index is 1320. The molecule has 11 N–H and O–H groups in total. The maximum atomic E-state index is 13.4. The average Bonchev–Trinajstić information content (AvgIpc) is 3.70. The molecule has 0 aromatic heterocycles. The van der Waals surface area contributed by atoms with Gasteiger partial charge in [-0.1, -0.05) is 12.8 Å². The molecule has 0 bridgehead atoms. The first kappa shape index (κ1) is 57.8. The SMILES string of the molecule is CO[C@@H]1C[C@@H](CO)N(C(=O)CCCCCCC(=O)C(CCCCNC(=O)CCCCOC2OC(CO)C(O)C(O)C2O)NC(=O)CCCCOC2OC(CO)C(O)C(O)C2O)C1.[Y]. The minimum absolute atomic E-state index is 0. The molecule has 3 aliphatic heterocycles. The van der Waals surface area contributed by atoms with Crippen molar-refractivity contribution in [3.05, 3.63) is 0 Å². The second kappa shape index (κ2) is 31.6. The zero-order chi connectivity index (χ0) is 45.6. The van der Waals surface area contributed by atoms with Gasteiger partial charge in [-0.2, -0.15) is 0 Å². The number of ketones is 1. The molecule has 3 fully saturated rings. The van der Waals surface area contributed by atoms with E-state index in [1.54, 1.807) is 12.0 Å². The number of unbranched alkanes of at least 4 members (excludes halogenated alkanes) is 6. The number of nitrogens with zero attached hydrogens (tertiary/aromatic N) is 1. The molecule has 0 aromatic rings. The third-order valence-corrected chi connectivity index (χ3v) is 11.6. The number of ether oxygens (including phenoxy) is 5. The Morgan fingerprint density at radius 1 is 0.635 bits per heavy atom. The average molecular weight is 985 g/mol. The van der Waals surface area contributed by atoms with Crippen molar-refractivity contribution in [3.8, 4) is 0 Å². The first-order valence-corrected chi connectivity index (χ1v) is 22.1. The fourth-order valence-electron chi connectivity index (χ4n) is 7.72. The van der Waals surface area contributed by atoms with Crippen molar-refractivity contribution in [1.29, 1.82) is 0 Å². The third-order valence-electron chi connectivity index (χ3n) is 11.6. The molecule has 1 radical (unpaired) electrons. The Kier molecular flexibility index (Phi) is 28.9. The summed E-state index contributed by atoms with van der Waals surface area (Å²) in [6.07, 6.45) is -6.68. The van der Waals surface area contributed by atoms with Crippen molar-refractivity contribution in [3.63, 3.8) is 0 Å². The van der Waals surface area contributed by atoms with Crippen molar-refractivity contribution >= 4 is 23.5 Å². The summed E-state index contributed by atoms with van der Waals surface area (Å²) in [4.78, 5) is 53.2. The minimum Gasteiger partial charge on any atom is -0.394 e. The summed E-state index contributed by atoms with van der Waals surface area (Å²) in [6, 6.07) is -0.986. The number of aliphatic hydroxyl groups is 9. The minimum atomic E-state index is -1.56. The van der Waals surface area contributed by atoms with Crippen LogP contribution in [0.1, 0.15) is 103 Å². The Labute approximate surface area is 394 Å². The molecule has 3 rings (SSSR count). The number of methoxy groups -OCH3 is 1. The molecule has 3 amide bonds. The Balaban J connectivity index is 0.0000137. The summed E-state index contributed by atoms with van der Waals surface area (Å²) in [6.45, 7) is -0.294. The normalized spacial score (nSPS) is 30.1. The van der Waals surface area contributed by atoms with E-state index in [4.69, 9.17) is 23.7 Å². The fourth-order valence-corrected chi connectivity index (χ4v) is 7.72. The summed E-state index contributed by atoms with van der Waals surface area (Å²) >= 11 is 0. The van der Waals surface area contributed by atoms with Crippen LogP contribution in [0.5, 0.6) is 0 Å². The van der Waals surface area contributed by atoms with Gasteiger partial charge in [-0.25, -0.2) is 0 Å². The molecule has 0 spiro atoms. The van der Waals surface area contributed by atoms with Gasteiger partial charge in [0.05, 0.1) is 38.0 Å². The van der Waals surface area contributed by atoms with Gasteiger partial charge in [0.1, 0.15) is 48.8 Å². The zero-order valence-corrected chi connectivity index (χ0v) is 39.3. The molecule has 13 atom stereocenters. The maximum Gasteiger partial charge on any atom is 0.222 e. The predicted octanol–water partition coefficient (Wildman–Crippen LogP) is -2.75. The molecule has 0 saturated carbocycles. The van der Waals surface area contributed by atoms with Crippen LogP contribution in [0.4, 0.5) is 0 Å². The number of likely N-dealkylation sites (tertiary alicyclic amines) is 1. The Morgan fingerprint density at radius 3 is 1.68 bits per heavy atom. The molecule has 22 heteroatoms. The van der Waals surface area contributed by atoms with Gasteiger partial charge in [-0.05, 0) is 64.2 Å². The first-order valence-electron chi connectivity index (χ1n) is 22.1.